The number of ether oxygens (including phenoxy) is 1. The number of carbonyl (C=O) groups is 2. The zero-order valence-electron chi connectivity index (χ0n) is 28.6. The van der Waals surface area contributed by atoms with Gasteiger partial charge in [-0.25, -0.2) is 9.97 Å². The number of carbonyl (C=O) groups excluding carboxylic acids is 2. The minimum absolute atomic E-state index is 0.0232. The van der Waals surface area contributed by atoms with Gasteiger partial charge in [0.2, 0.25) is 0 Å². The number of piperidine rings is 1. The molecule has 51 heavy (non-hydrogen) atoms. The molecule has 1 aromatic carbocycles. The highest BCUT2D eigenvalue weighted by Gasteiger charge is 2.41. The number of nitrogens with two attached hydrogens (primary N) is 1. The van der Waals surface area contributed by atoms with E-state index < -0.39 is 29.4 Å². The molecule has 2 aliphatic carbocycles. The third-order valence-corrected chi connectivity index (χ3v) is 10.8. The van der Waals surface area contributed by atoms with E-state index in [4.69, 9.17) is 20.4 Å². The first-order valence-electron chi connectivity index (χ1n) is 17.4. The van der Waals surface area contributed by atoms with Gasteiger partial charge in [-0.3, -0.25) is 14.6 Å². The van der Waals surface area contributed by atoms with Gasteiger partial charge < -0.3 is 29.8 Å². The number of halogens is 3. The molecular weight excluding hydrogens is 661 g/mol. The summed E-state index contributed by atoms with van der Waals surface area (Å²) in [6, 6.07) is 11.2. The number of fused-ring (bicyclic) bond motifs is 4. The van der Waals surface area contributed by atoms with Gasteiger partial charge in [-0.1, -0.05) is 0 Å². The van der Waals surface area contributed by atoms with E-state index in [1.54, 1.807) is 26.2 Å². The summed E-state index contributed by atoms with van der Waals surface area (Å²) in [5, 5.41) is 3.52. The largest absolute Gasteiger partial charge is 0.494 e. The number of alkyl halides is 3. The van der Waals surface area contributed by atoms with E-state index in [1.165, 1.54) is 6.07 Å². The van der Waals surface area contributed by atoms with Crippen molar-refractivity contribution >= 4 is 33.9 Å². The van der Waals surface area contributed by atoms with Crippen molar-refractivity contribution in [3.63, 3.8) is 0 Å². The molecule has 4 atom stereocenters. The predicted octanol–water partition coefficient (Wildman–Crippen LogP) is 5.87. The molecule has 3 fully saturated rings. The second-order valence-corrected chi connectivity index (χ2v) is 14.2. The normalized spacial score (nSPS) is 21.0. The minimum atomic E-state index is -4.77. The SMILES string of the molecule is COc1cc(C(=O)N2C[C@H](N)[C@@H]3CC[C@H]2C3)cc2nc(-c3cc4ccc([C@@H](C)NC(=O)c5cccnc5C(F)(F)F)nc4n3CC3CC3)n(C)c12. The first kappa shape index (κ1) is 33.2. The van der Waals surface area contributed by atoms with Crippen LogP contribution in [-0.2, 0) is 19.8 Å². The van der Waals surface area contributed by atoms with E-state index in [1.807, 2.05) is 34.7 Å². The van der Waals surface area contributed by atoms with E-state index in [9.17, 15) is 22.8 Å². The summed E-state index contributed by atoms with van der Waals surface area (Å²) in [6.07, 6.45) is 1.37. The number of likely N-dealkylation sites (tertiary alicyclic amines) is 1. The molecule has 11 nitrogen and oxygen atoms in total. The third kappa shape index (κ3) is 5.88. The van der Waals surface area contributed by atoms with Crippen molar-refractivity contribution in [1.82, 2.24) is 34.3 Å². The number of benzene rings is 1. The lowest BCUT2D eigenvalue weighted by Crippen LogP contribution is -2.51. The fourth-order valence-electron chi connectivity index (χ4n) is 7.90. The smallest absolute Gasteiger partial charge is 0.434 e. The second kappa shape index (κ2) is 12.4. The van der Waals surface area contributed by atoms with Crippen molar-refractivity contribution in [2.45, 2.75) is 69.9 Å². The van der Waals surface area contributed by atoms with Gasteiger partial charge in [0.25, 0.3) is 11.8 Å². The predicted molar refractivity (Wildman–Crippen MR) is 184 cm³/mol. The van der Waals surface area contributed by atoms with E-state index >= 15 is 0 Å². The molecule has 4 aromatic heterocycles. The molecule has 0 spiro atoms. The maximum Gasteiger partial charge on any atom is 0.434 e. The van der Waals surface area contributed by atoms with Crippen LogP contribution in [0.5, 0.6) is 5.75 Å². The first-order valence-corrected chi connectivity index (χ1v) is 17.4. The van der Waals surface area contributed by atoms with E-state index in [2.05, 4.69) is 14.9 Å². The number of nitrogens with zero attached hydrogens (tertiary/aromatic N) is 6. The fraction of sp³-hybridized carbons (Fsp3) is 0.432. The fourth-order valence-corrected chi connectivity index (χ4v) is 7.90. The van der Waals surface area contributed by atoms with Gasteiger partial charge >= 0.3 is 6.18 Å². The number of imidazole rings is 1. The number of amides is 2. The number of methoxy groups -OCH3 is 1. The molecule has 0 radical (unpaired) electrons. The Kier molecular flexibility index (Phi) is 8.04. The van der Waals surface area contributed by atoms with Gasteiger partial charge in [0.1, 0.15) is 16.9 Å². The van der Waals surface area contributed by atoms with Crippen molar-refractivity contribution in [2.24, 2.45) is 24.6 Å². The Morgan fingerprint density at radius 2 is 1.90 bits per heavy atom. The van der Waals surface area contributed by atoms with Crippen LogP contribution in [0, 0.1) is 11.8 Å². The Morgan fingerprint density at radius 1 is 1.10 bits per heavy atom. The molecule has 2 saturated carbocycles. The van der Waals surface area contributed by atoms with Gasteiger partial charge in [-0.05, 0) is 93.3 Å². The van der Waals surface area contributed by atoms with Crippen molar-refractivity contribution in [3.8, 4) is 17.3 Å². The summed E-state index contributed by atoms with van der Waals surface area (Å²) in [7, 11) is 3.50. The summed E-state index contributed by atoms with van der Waals surface area (Å²) in [6.45, 7) is 2.92. The van der Waals surface area contributed by atoms with Gasteiger partial charge in [0.05, 0.1) is 35.6 Å². The van der Waals surface area contributed by atoms with Crippen LogP contribution in [0.3, 0.4) is 0 Å². The van der Waals surface area contributed by atoms with Crippen molar-refractivity contribution in [1.29, 1.82) is 0 Å². The highest BCUT2D eigenvalue weighted by Crippen LogP contribution is 2.40. The Morgan fingerprint density at radius 3 is 2.65 bits per heavy atom. The maximum atomic E-state index is 13.9. The summed E-state index contributed by atoms with van der Waals surface area (Å²) >= 11 is 0. The van der Waals surface area contributed by atoms with Gasteiger partial charge in [-0.15, -0.1) is 0 Å². The summed E-state index contributed by atoms with van der Waals surface area (Å²) in [5.74, 6) is 1.20. The van der Waals surface area contributed by atoms with Crippen LogP contribution >= 0.6 is 0 Å². The number of hydrogen-bond acceptors (Lipinski definition) is 7. The number of aromatic nitrogens is 5. The number of aryl methyl sites for hydroxylation is 1. The quantitative estimate of drug-likeness (QED) is 0.207. The Hall–Kier alpha value is -4.98. The van der Waals surface area contributed by atoms with Crippen LogP contribution in [0.4, 0.5) is 13.2 Å². The van der Waals surface area contributed by atoms with Gasteiger partial charge in [0.15, 0.2) is 11.5 Å². The van der Waals surface area contributed by atoms with Crippen LogP contribution in [0.2, 0.25) is 0 Å². The summed E-state index contributed by atoms with van der Waals surface area (Å²) in [4.78, 5) is 42.2. The Bertz CT molecular complexity index is 2190. The van der Waals surface area contributed by atoms with Crippen LogP contribution in [-0.4, -0.2) is 66.5 Å². The lowest BCUT2D eigenvalue weighted by atomic mass is 9.94. The monoisotopic (exact) mass is 700 g/mol. The molecule has 5 heterocycles. The van der Waals surface area contributed by atoms with E-state index in [0.29, 0.717) is 58.9 Å². The molecule has 3 aliphatic rings. The van der Waals surface area contributed by atoms with Gasteiger partial charge in [-0.2, -0.15) is 13.2 Å². The average Bonchev–Trinajstić information content (AvgIpc) is 3.58. The van der Waals surface area contributed by atoms with Crippen LogP contribution in [0.25, 0.3) is 33.6 Å². The number of rotatable bonds is 8. The zero-order chi connectivity index (χ0) is 35.8. The van der Waals surface area contributed by atoms with Crippen LogP contribution in [0.1, 0.15) is 77.2 Å². The molecule has 266 valence electrons. The van der Waals surface area contributed by atoms with Crippen molar-refractivity contribution in [3.05, 3.63) is 71.2 Å². The van der Waals surface area contributed by atoms with E-state index in [0.717, 1.165) is 61.0 Å². The molecular formula is C37H39F3N8O3. The first-order chi connectivity index (χ1) is 24.4. The molecule has 14 heteroatoms. The lowest BCUT2D eigenvalue weighted by Gasteiger charge is -2.37. The summed E-state index contributed by atoms with van der Waals surface area (Å²) in [5.41, 5.74) is 8.54. The molecule has 1 saturated heterocycles. The molecule has 1 aliphatic heterocycles. The standard InChI is InChI=1S/C37H39F3N8O3/c1-19(43-35(49)25-5-4-12-42-32(25)37(38,39)40)27-11-9-22-15-29(48(33(22)44-27)17-20-6-7-20)34-45-28-14-23(16-30(51-3)31(28)46(34)2)36(50)47-18-26(41)21-8-10-24(47)13-21/h4-5,9,11-12,14-16,19-21,24,26H,6-8,10,13,17-18,41H2,1-3H3,(H,43,49)/t19-,21-,24+,26+/m1/s1. The number of hydrogen-bond donors (Lipinski definition) is 2. The molecule has 8 rings (SSSR count). The second-order valence-electron chi connectivity index (χ2n) is 14.2. The highest BCUT2D eigenvalue weighted by molar-refractivity contribution is 6.00. The molecule has 2 amide bonds. The van der Waals surface area contributed by atoms with Crippen molar-refractivity contribution < 1.29 is 27.5 Å². The average molecular weight is 701 g/mol. The van der Waals surface area contributed by atoms with Crippen LogP contribution in [0.15, 0.2) is 48.7 Å². The van der Waals surface area contributed by atoms with Gasteiger partial charge in [0, 0.05) is 49.4 Å². The summed E-state index contributed by atoms with van der Waals surface area (Å²) < 4.78 is 50.6. The zero-order valence-corrected chi connectivity index (χ0v) is 28.6. The van der Waals surface area contributed by atoms with Crippen LogP contribution < -0.4 is 15.8 Å². The minimum Gasteiger partial charge on any atom is -0.494 e. The van der Waals surface area contributed by atoms with E-state index in [-0.39, 0.29) is 18.0 Å². The number of pyridine rings is 2. The molecule has 3 N–H and O–H groups in total. The van der Waals surface area contributed by atoms with Crippen molar-refractivity contribution in [2.75, 3.05) is 13.7 Å². The maximum absolute atomic E-state index is 13.9. The Balaban J connectivity index is 1.15. The number of nitrogens with one attached hydrogen (secondary N) is 1. The molecule has 0 unspecified atom stereocenters. The topological polar surface area (TPSA) is 133 Å². The molecule has 2 bridgehead atoms. The Labute approximate surface area is 292 Å². The third-order valence-electron chi connectivity index (χ3n) is 10.8. The lowest BCUT2D eigenvalue weighted by molar-refractivity contribution is -0.141. The highest BCUT2D eigenvalue weighted by atomic mass is 19.4. The molecule has 5 aromatic rings.